The van der Waals surface area contributed by atoms with Gasteiger partial charge in [0.15, 0.2) is 0 Å². The zero-order valence-corrected chi connectivity index (χ0v) is 15.6. The summed E-state index contributed by atoms with van der Waals surface area (Å²) in [5.74, 6) is 1.55. The highest BCUT2D eigenvalue weighted by atomic mass is 16.5. The summed E-state index contributed by atoms with van der Waals surface area (Å²) in [5.41, 5.74) is 3.94. The second-order valence-electron chi connectivity index (χ2n) is 7.26. The lowest BCUT2D eigenvalue weighted by atomic mass is 9.85. The van der Waals surface area contributed by atoms with Crippen molar-refractivity contribution in [3.8, 4) is 22.6 Å². The first-order valence-electron chi connectivity index (χ1n) is 8.79. The molecule has 0 saturated heterocycles. The second kappa shape index (κ2) is 6.90. The molecule has 0 spiro atoms. The lowest BCUT2D eigenvalue weighted by Crippen LogP contribution is -2.34. The number of nitrogens with one attached hydrogen (secondary N) is 1. The van der Waals surface area contributed by atoms with Gasteiger partial charge in [0.1, 0.15) is 11.5 Å². The van der Waals surface area contributed by atoms with Gasteiger partial charge < -0.3 is 19.9 Å². The summed E-state index contributed by atoms with van der Waals surface area (Å²) in [7, 11) is 1.64. The van der Waals surface area contributed by atoms with E-state index < -0.39 is 6.09 Å². The number of benzene rings is 2. The van der Waals surface area contributed by atoms with Gasteiger partial charge in [-0.05, 0) is 59.7 Å². The first-order valence-corrected chi connectivity index (χ1v) is 8.79. The first-order chi connectivity index (χ1) is 12.4. The van der Waals surface area contributed by atoms with Gasteiger partial charge in [-0.2, -0.15) is 0 Å². The number of rotatable bonds is 5. The van der Waals surface area contributed by atoms with E-state index in [4.69, 9.17) is 9.47 Å². The topological polar surface area (TPSA) is 67.8 Å². The smallest absolute Gasteiger partial charge is 0.405 e. The normalized spacial score (nSPS) is 17.5. The number of methoxy groups -OCH3 is 1. The number of hydrogen-bond acceptors (Lipinski definition) is 3. The van der Waals surface area contributed by atoms with Gasteiger partial charge >= 0.3 is 6.09 Å². The molecule has 26 heavy (non-hydrogen) atoms. The number of fused-ring (bicyclic) bond motifs is 1. The largest absolute Gasteiger partial charge is 0.496 e. The maximum atomic E-state index is 11.2. The molecule has 1 atom stereocenters. The van der Waals surface area contributed by atoms with Gasteiger partial charge in [-0.15, -0.1) is 0 Å². The van der Waals surface area contributed by atoms with Crippen molar-refractivity contribution in [1.82, 2.24) is 5.32 Å². The molecule has 5 nitrogen and oxygen atoms in total. The summed E-state index contributed by atoms with van der Waals surface area (Å²) in [5, 5.41) is 11.9. The highest BCUT2D eigenvalue weighted by molar-refractivity contribution is 5.74. The van der Waals surface area contributed by atoms with Crippen LogP contribution in [0.15, 0.2) is 36.4 Å². The van der Waals surface area contributed by atoms with Crippen molar-refractivity contribution in [2.24, 2.45) is 5.41 Å². The molecular weight excluding hydrogens is 330 g/mol. The van der Waals surface area contributed by atoms with Gasteiger partial charge in [0.2, 0.25) is 0 Å². The van der Waals surface area contributed by atoms with E-state index in [0.717, 1.165) is 40.2 Å². The van der Waals surface area contributed by atoms with Crippen molar-refractivity contribution in [2.75, 3.05) is 13.7 Å². The molecule has 1 aliphatic rings. The van der Waals surface area contributed by atoms with E-state index >= 15 is 0 Å². The Labute approximate surface area is 153 Å². The molecule has 0 fully saturated rings. The molecule has 0 aliphatic heterocycles. The molecule has 2 aromatic carbocycles. The summed E-state index contributed by atoms with van der Waals surface area (Å²) in [6.45, 7) is 6.73. The Morgan fingerprint density at radius 1 is 1.31 bits per heavy atom. The Kier molecular flexibility index (Phi) is 4.81. The SMILES string of the molecule is CCOc1cccc(-c2cc3c(cc2OC)C(NC(=O)O)C(C)(C)C3)c1. The molecule has 1 amide bonds. The van der Waals surface area contributed by atoms with Crippen LogP contribution in [0.1, 0.15) is 37.9 Å². The summed E-state index contributed by atoms with van der Waals surface area (Å²) in [4.78, 5) is 11.2. The fourth-order valence-electron chi connectivity index (χ4n) is 3.79. The molecule has 0 saturated carbocycles. The van der Waals surface area contributed by atoms with Gasteiger partial charge in [-0.1, -0.05) is 26.0 Å². The molecule has 5 heteroatoms. The maximum absolute atomic E-state index is 11.2. The standard InChI is InChI=1S/C21H25NO4/c1-5-26-15-8-6-7-13(9-15)16-10-14-12-21(2,3)19(22-20(23)24)17(14)11-18(16)25-4/h6-11,19,22H,5,12H2,1-4H3,(H,23,24). The minimum absolute atomic E-state index is 0.197. The van der Waals surface area contributed by atoms with Crippen LogP contribution in [0.5, 0.6) is 11.5 Å². The number of carbonyl (C=O) groups is 1. The van der Waals surface area contributed by atoms with Gasteiger partial charge in [0.25, 0.3) is 0 Å². The molecule has 138 valence electrons. The maximum Gasteiger partial charge on any atom is 0.405 e. The summed E-state index contributed by atoms with van der Waals surface area (Å²) in [6.07, 6.45) is -0.210. The average Bonchev–Trinajstić information content (AvgIpc) is 2.83. The minimum Gasteiger partial charge on any atom is -0.496 e. The van der Waals surface area contributed by atoms with Crippen LogP contribution in [0.3, 0.4) is 0 Å². The molecule has 2 N–H and O–H groups in total. The molecule has 0 radical (unpaired) electrons. The van der Waals surface area contributed by atoms with Crippen LogP contribution in [-0.2, 0) is 6.42 Å². The average molecular weight is 355 g/mol. The Morgan fingerprint density at radius 2 is 2.08 bits per heavy atom. The molecule has 1 aliphatic carbocycles. The van der Waals surface area contributed by atoms with E-state index in [-0.39, 0.29) is 11.5 Å². The van der Waals surface area contributed by atoms with E-state index in [0.29, 0.717) is 6.61 Å². The Hall–Kier alpha value is -2.69. The fraction of sp³-hybridized carbons (Fsp3) is 0.381. The van der Waals surface area contributed by atoms with Crippen LogP contribution in [0.25, 0.3) is 11.1 Å². The predicted molar refractivity (Wildman–Crippen MR) is 101 cm³/mol. The third-order valence-corrected chi connectivity index (χ3v) is 4.92. The van der Waals surface area contributed by atoms with Crippen LogP contribution in [0, 0.1) is 5.41 Å². The Morgan fingerprint density at radius 3 is 2.73 bits per heavy atom. The van der Waals surface area contributed by atoms with Crippen LogP contribution in [0.2, 0.25) is 0 Å². The highest BCUT2D eigenvalue weighted by Gasteiger charge is 2.40. The molecular formula is C21H25NO4. The van der Waals surface area contributed by atoms with Gasteiger partial charge in [0, 0.05) is 5.56 Å². The van der Waals surface area contributed by atoms with Crippen LogP contribution >= 0.6 is 0 Å². The summed E-state index contributed by atoms with van der Waals surface area (Å²) in [6, 6.07) is 11.8. The van der Waals surface area contributed by atoms with E-state index in [1.165, 1.54) is 0 Å². The van der Waals surface area contributed by atoms with Crippen LogP contribution in [-0.4, -0.2) is 24.9 Å². The van der Waals surface area contributed by atoms with Crippen molar-refractivity contribution >= 4 is 6.09 Å². The van der Waals surface area contributed by atoms with Crippen molar-refractivity contribution in [1.29, 1.82) is 0 Å². The van der Waals surface area contributed by atoms with Gasteiger partial charge in [-0.25, -0.2) is 4.79 Å². The number of ether oxygens (including phenoxy) is 2. The van der Waals surface area contributed by atoms with Crippen molar-refractivity contribution in [2.45, 2.75) is 33.2 Å². The molecule has 2 aromatic rings. The summed E-state index contributed by atoms with van der Waals surface area (Å²) >= 11 is 0. The molecule has 0 heterocycles. The van der Waals surface area contributed by atoms with Crippen LogP contribution < -0.4 is 14.8 Å². The number of amides is 1. The molecule has 0 bridgehead atoms. The van der Waals surface area contributed by atoms with E-state index in [1.807, 2.05) is 37.3 Å². The van der Waals surface area contributed by atoms with Gasteiger partial charge in [0.05, 0.1) is 19.8 Å². The van der Waals surface area contributed by atoms with E-state index in [1.54, 1.807) is 7.11 Å². The van der Waals surface area contributed by atoms with Crippen LogP contribution in [0.4, 0.5) is 4.79 Å². The fourth-order valence-corrected chi connectivity index (χ4v) is 3.79. The number of carboxylic acid groups (broad SMARTS) is 1. The number of hydrogen-bond donors (Lipinski definition) is 2. The monoisotopic (exact) mass is 355 g/mol. The molecule has 1 unspecified atom stereocenters. The lowest BCUT2D eigenvalue weighted by Gasteiger charge is -2.27. The second-order valence-corrected chi connectivity index (χ2v) is 7.26. The van der Waals surface area contributed by atoms with Crippen molar-refractivity contribution in [3.05, 3.63) is 47.5 Å². The lowest BCUT2D eigenvalue weighted by molar-refractivity contribution is 0.175. The third kappa shape index (κ3) is 3.34. The van der Waals surface area contributed by atoms with E-state index in [9.17, 15) is 9.90 Å². The predicted octanol–water partition coefficient (Wildman–Crippen LogP) is 4.65. The van der Waals surface area contributed by atoms with Gasteiger partial charge in [-0.3, -0.25) is 0 Å². The van der Waals surface area contributed by atoms with Crippen molar-refractivity contribution < 1.29 is 19.4 Å². The van der Waals surface area contributed by atoms with Crippen molar-refractivity contribution in [3.63, 3.8) is 0 Å². The first kappa shape index (κ1) is 18.1. The zero-order valence-electron chi connectivity index (χ0n) is 15.6. The third-order valence-electron chi connectivity index (χ3n) is 4.92. The highest BCUT2D eigenvalue weighted by Crippen LogP contribution is 2.48. The summed E-state index contributed by atoms with van der Waals surface area (Å²) < 4.78 is 11.2. The molecule has 0 aromatic heterocycles. The Balaban J connectivity index is 2.08. The zero-order chi connectivity index (χ0) is 18.9. The minimum atomic E-state index is -1.01. The molecule has 3 rings (SSSR count). The Bertz CT molecular complexity index is 829. The quantitative estimate of drug-likeness (QED) is 0.819. The van der Waals surface area contributed by atoms with E-state index in [2.05, 4.69) is 25.2 Å².